The van der Waals surface area contributed by atoms with E-state index >= 15 is 0 Å². The van der Waals surface area contributed by atoms with Crippen molar-refractivity contribution in [2.24, 2.45) is 0 Å². The van der Waals surface area contributed by atoms with Gasteiger partial charge in [0, 0.05) is 5.56 Å². The number of amides is 1. The van der Waals surface area contributed by atoms with E-state index in [9.17, 15) is 14.4 Å². The van der Waals surface area contributed by atoms with Crippen LogP contribution < -0.4 is 14.8 Å². The molecule has 3 rings (SSSR count). The molecule has 0 aliphatic rings. The lowest BCUT2D eigenvalue weighted by molar-refractivity contribution is -0.112. The summed E-state index contributed by atoms with van der Waals surface area (Å²) < 4.78 is 25.8. The predicted molar refractivity (Wildman–Crippen MR) is 131 cm³/mol. The zero-order valence-electron chi connectivity index (χ0n) is 18.9. The number of allylic oxidation sites excluding steroid dienone is 1. The Balaban J connectivity index is 1.94. The van der Waals surface area contributed by atoms with Gasteiger partial charge in [0.25, 0.3) is 5.91 Å². The number of carbonyl (C=O) groups is 1. The number of benzene rings is 3. The molecule has 0 aromatic heterocycles. The Labute approximate surface area is 198 Å². The third-order valence-corrected chi connectivity index (χ3v) is 4.84. The largest absolute Gasteiger partial charge is 0.490 e. The van der Waals surface area contributed by atoms with E-state index < -0.39 is 11.7 Å². The van der Waals surface area contributed by atoms with Crippen LogP contribution in [0.25, 0.3) is 6.08 Å². The average molecular weight is 457 g/mol. The zero-order valence-corrected chi connectivity index (χ0v) is 18.9. The maximum absolute atomic E-state index is 13.9. The fourth-order valence-electron chi connectivity index (χ4n) is 3.30. The van der Waals surface area contributed by atoms with Crippen LogP contribution in [-0.4, -0.2) is 12.5 Å². The van der Waals surface area contributed by atoms with Crippen LogP contribution in [0.1, 0.15) is 23.6 Å². The summed E-state index contributed by atoms with van der Waals surface area (Å²) in [6.07, 6.45) is 3.67. The summed E-state index contributed by atoms with van der Waals surface area (Å²) in [5, 5.41) is 12.0. The Morgan fingerprint density at radius 2 is 1.85 bits per heavy atom. The van der Waals surface area contributed by atoms with Crippen LogP contribution in [0.5, 0.6) is 11.5 Å². The number of halogens is 1. The lowest BCUT2D eigenvalue weighted by atomic mass is 10.0. The molecular weight excluding hydrogens is 431 g/mol. The second kappa shape index (κ2) is 12.0. The molecule has 0 aliphatic heterocycles. The molecule has 0 aliphatic carbocycles. The van der Waals surface area contributed by atoms with Gasteiger partial charge in [-0.1, -0.05) is 48.5 Å². The van der Waals surface area contributed by atoms with Gasteiger partial charge < -0.3 is 14.8 Å². The molecule has 0 saturated carbocycles. The van der Waals surface area contributed by atoms with Gasteiger partial charge >= 0.3 is 0 Å². The minimum Gasteiger partial charge on any atom is -0.490 e. The second-order valence-corrected chi connectivity index (χ2v) is 7.31. The predicted octanol–water partition coefficient (Wildman–Crippen LogP) is 6.08. The highest BCUT2D eigenvalue weighted by Crippen LogP contribution is 2.35. The van der Waals surface area contributed by atoms with Crippen molar-refractivity contribution in [2.75, 3.05) is 11.9 Å². The molecule has 1 amide bonds. The van der Waals surface area contributed by atoms with Crippen LogP contribution in [-0.2, 0) is 17.8 Å². The van der Waals surface area contributed by atoms with Crippen LogP contribution >= 0.6 is 0 Å². The first-order chi connectivity index (χ1) is 16.5. The summed E-state index contributed by atoms with van der Waals surface area (Å²) in [5.41, 5.74) is 2.21. The van der Waals surface area contributed by atoms with Gasteiger partial charge in [-0.2, -0.15) is 5.26 Å². The summed E-state index contributed by atoms with van der Waals surface area (Å²) in [4.78, 5) is 12.6. The number of carbonyl (C=O) groups excluding carboxylic acids is 1. The lowest BCUT2D eigenvalue weighted by Crippen LogP contribution is -2.14. The zero-order chi connectivity index (χ0) is 24.3. The van der Waals surface area contributed by atoms with Crippen LogP contribution in [0.4, 0.5) is 10.1 Å². The molecule has 6 heteroatoms. The van der Waals surface area contributed by atoms with E-state index in [2.05, 4.69) is 11.9 Å². The number of nitrogens with zero attached hydrogens (tertiary/aromatic N) is 1. The van der Waals surface area contributed by atoms with Crippen molar-refractivity contribution in [2.45, 2.75) is 20.0 Å². The van der Waals surface area contributed by atoms with Crippen molar-refractivity contribution < 1.29 is 18.7 Å². The van der Waals surface area contributed by atoms with Crippen molar-refractivity contribution in [3.8, 4) is 17.6 Å². The van der Waals surface area contributed by atoms with E-state index in [4.69, 9.17) is 9.47 Å². The van der Waals surface area contributed by atoms with Crippen molar-refractivity contribution in [3.05, 3.63) is 107 Å². The van der Waals surface area contributed by atoms with Gasteiger partial charge in [-0.05, 0) is 54.8 Å². The molecule has 0 spiro atoms. The highest BCUT2D eigenvalue weighted by atomic mass is 19.1. The van der Waals surface area contributed by atoms with Gasteiger partial charge in [-0.3, -0.25) is 4.79 Å². The van der Waals surface area contributed by atoms with Crippen LogP contribution in [0.3, 0.4) is 0 Å². The fraction of sp³-hybridized carbons (Fsp3) is 0.143. The van der Waals surface area contributed by atoms with Gasteiger partial charge in [0.05, 0.1) is 12.3 Å². The van der Waals surface area contributed by atoms with Crippen molar-refractivity contribution >= 4 is 17.7 Å². The maximum atomic E-state index is 13.9. The van der Waals surface area contributed by atoms with Gasteiger partial charge in [-0.25, -0.2) is 4.39 Å². The van der Waals surface area contributed by atoms with E-state index in [1.165, 1.54) is 24.3 Å². The first kappa shape index (κ1) is 24.3. The molecule has 5 nitrogen and oxygen atoms in total. The topological polar surface area (TPSA) is 71.4 Å². The molecule has 0 heterocycles. The standard InChI is InChI=1S/C28H25FN2O3/c1-3-10-22-15-21(16-23(18-30)28(32)31-25-14-9-8-13-24(25)29)17-26(33-4-2)27(22)34-19-20-11-6-5-7-12-20/h3,5-9,11-17H,1,4,10,19H2,2H3,(H,31,32)/b23-16-. The van der Waals surface area contributed by atoms with E-state index in [1.807, 2.05) is 49.4 Å². The molecule has 0 radical (unpaired) electrons. The van der Waals surface area contributed by atoms with Crippen LogP contribution in [0.2, 0.25) is 0 Å². The van der Waals surface area contributed by atoms with Crippen molar-refractivity contribution in [3.63, 3.8) is 0 Å². The van der Waals surface area contributed by atoms with E-state index in [0.717, 1.165) is 11.1 Å². The molecular formula is C28H25FN2O3. The molecule has 3 aromatic rings. The summed E-state index contributed by atoms with van der Waals surface area (Å²) in [6, 6.07) is 21.0. The third kappa shape index (κ3) is 6.33. The smallest absolute Gasteiger partial charge is 0.266 e. The first-order valence-corrected chi connectivity index (χ1v) is 10.8. The highest BCUT2D eigenvalue weighted by Gasteiger charge is 2.16. The number of para-hydroxylation sites is 1. The minimum atomic E-state index is -0.708. The molecule has 0 unspecified atom stereocenters. The van der Waals surface area contributed by atoms with E-state index in [1.54, 1.807) is 18.2 Å². The third-order valence-electron chi connectivity index (χ3n) is 4.84. The molecule has 0 fully saturated rings. The normalized spacial score (nSPS) is 10.8. The Kier molecular flexibility index (Phi) is 8.59. The Hall–Kier alpha value is -4.37. The highest BCUT2D eigenvalue weighted by molar-refractivity contribution is 6.09. The summed E-state index contributed by atoms with van der Waals surface area (Å²) in [7, 11) is 0. The van der Waals surface area contributed by atoms with Crippen LogP contribution in [0, 0.1) is 17.1 Å². The van der Waals surface area contributed by atoms with Crippen LogP contribution in [0.15, 0.2) is 85.0 Å². The Bertz CT molecular complexity index is 1230. The number of anilines is 1. The average Bonchev–Trinajstić information content (AvgIpc) is 2.84. The summed E-state index contributed by atoms with van der Waals surface area (Å²) in [6.45, 7) is 6.44. The maximum Gasteiger partial charge on any atom is 0.266 e. The SMILES string of the molecule is C=CCc1cc(/C=C(/C#N)C(=O)Nc2ccccc2F)cc(OCC)c1OCc1ccccc1. The Morgan fingerprint density at radius 1 is 1.12 bits per heavy atom. The molecule has 172 valence electrons. The molecule has 3 aromatic carbocycles. The fourth-order valence-corrected chi connectivity index (χ4v) is 3.30. The number of hydrogen-bond acceptors (Lipinski definition) is 4. The number of hydrogen-bond donors (Lipinski definition) is 1. The molecule has 34 heavy (non-hydrogen) atoms. The van der Waals surface area contributed by atoms with E-state index in [0.29, 0.717) is 36.7 Å². The minimum absolute atomic E-state index is 0.000613. The van der Waals surface area contributed by atoms with Crippen molar-refractivity contribution in [1.29, 1.82) is 5.26 Å². The number of nitrogens with one attached hydrogen (secondary N) is 1. The van der Waals surface area contributed by atoms with Gasteiger partial charge in [0.1, 0.15) is 24.1 Å². The quantitative estimate of drug-likeness (QED) is 0.228. The monoisotopic (exact) mass is 456 g/mol. The Morgan fingerprint density at radius 3 is 2.53 bits per heavy atom. The first-order valence-electron chi connectivity index (χ1n) is 10.8. The van der Waals surface area contributed by atoms with Gasteiger partial charge in [0.2, 0.25) is 0 Å². The number of nitriles is 1. The van der Waals surface area contributed by atoms with Crippen molar-refractivity contribution in [1.82, 2.24) is 0 Å². The number of rotatable bonds is 10. The summed E-state index contributed by atoms with van der Waals surface area (Å²) in [5.74, 6) is -0.215. The summed E-state index contributed by atoms with van der Waals surface area (Å²) >= 11 is 0. The molecule has 1 N–H and O–H groups in total. The van der Waals surface area contributed by atoms with Gasteiger partial charge in [0.15, 0.2) is 11.5 Å². The molecule has 0 bridgehead atoms. The van der Waals surface area contributed by atoms with E-state index in [-0.39, 0.29) is 11.3 Å². The van der Waals surface area contributed by atoms with Gasteiger partial charge in [-0.15, -0.1) is 6.58 Å². The molecule has 0 saturated heterocycles. The number of ether oxygens (including phenoxy) is 2. The lowest BCUT2D eigenvalue weighted by Gasteiger charge is -2.17. The molecule has 0 atom stereocenters. The second-order valence-electron chi connectivity index (χ2n) is 7.31.